The molecule has 0 aromatic heterocycles. The Balaban J connectivity index is 2.08. The standard InChI is InChI=1S/C16H14ClFN2O3/c1-9(23-14-5-3-2-4-11(14)15(19)21)16(22)20-10-6-7-13(18)12(17)8-10/h2-9H,1H3,(H2,19,21)(H,20,22). The second-order valence-corrected chi connectivity index (χ2v) is 5.15. The summed E-state index contributed by atoms with van der Waals surface area (Å²) in [4.78, 5) is 23.4. The van der Waals surface area contributed by atoms with Crippen LogP contribution in [0, 0.1) is 5.82 Å². The van der Waals surface area contributed by atoms with Gasteiger partial charge in [-0.1, -0.05) is 23.7 Å². The van der Waals surface area contributed by atoms with Gasteiger partial charge in [-0.3, -0.25) is 9.59 Å². The summed E-state index contributed by atoms with van der Waals surface area (Å²) < 4.78 is 18.6. The van der Waals surface area contributed by atoms with Crippen LogP contribution in [0.2, 0.25) is 5.02 Å². The molecule has 0 aliphatic heterocycles. The van der Waals surface area contributed by atoms with E-state index in [1.54, 1.807) is 18.2 Å². The zero-order valence-corrected chi connectivity index (χ0v) is 12.9. The van der Waals surface area contributed by atoms with Crippen LogP contribution in [0.3, 0.4) is 0 Å². The van der Waals surface area contributed by atoms with E-state index in [1.807, 2.05) is 0 Å². The van der Waals surface area contributed by atoms with Crippen molar-refractivity contribution in [2.24, 2.45) is 5.73 Å². The number of anilines is 1. The monoisotopic (exact) mass is 336 g/mol. The number of rotatable bonds is 5. The molecule has 7 heteroatoms. The van der Waals surface area contributed by atoms with Crippen LogP contribution >= 0.6 is 11.6 Å². The van der Waals surface area contributed by atoms with Crippen molar-refractivity contribution < 1.29 is 18.7 Å². The lowest BCUT2D eigenvalue weighted by Crippen LogP contribution is -2.31. The van der Waals surface area contributed by atoms with Crippen molar-refractivity contribution >= 4 is 29.1 Å². The molecule has 120 valence electrons. The minimum atomic E-state index is -0.903. The molecular formula is C16H14ClFN2O3. The van der Waals surface area contributed by atoms with Crippen LogP contribution in [0.5, 0.6) is 5.75 Å². The van der Waals surface area contributed by atoms with Gasteiger partial charge in [-0.15, -0.1) is 0 Å². The Hall–Kier alpha value is -2.60. The number of ether oxygens (including phenoxy) is 1. The normalized spacial score (nSPS) is 11.6. The van der Waals surface area contributed by atoms with Crippen LogP contribution in [0.15, 0.2) is 42.5 Å². The number of carbonyl (C=O) groups excluding carboxylic acids is 2. The molecule has 1 atom stereocenters. The zero-order chi connectivity index (χ0) is 17.0. The molecule has 0 aliphatic carbocycles. The molecule has 0 saturated heterocycles. The summed E-state index contributed by atoms with van der Waals surface area (Å²) in [7, 11) is 0. The lowest BCUT2D eigenvalue weighted by molar-refractivity contribution is -0.122. The maximum Gasteiger partial charge on any atom is 0.265 e. The maximum atomic E-state index is 13.1. The molecule has 0 bridgehead atoms. The molecule has 2 aromatic rings. The van der Waals surface area contributed by atoms with E-state index in [0.29, 0.717) is 5.69 Å². The van der Waals surface area contributed by atoms with E-state index >= 15 is 0 Å². The number of benzene rings is 2. The predicted octanol–water partition coefficient (Wildman–Crippen LogP) is 2.98. The SMILES string of the molecule is CC(Oc1ccccc1C(N)=O)C(=O)Nc1ccc(F)c(Cl)c1. The van der Waals surface area contributed by atoms with Crippen molar-refractivity contribution in [2.75, 3.05) is 5.32 Å². The maximum absolute atomic E-state index is 13.1. The van der Waals surface area contributed by atoms with Gasteiger partial charge >= 0.3 is 0 Å². The van der Waals surface area contributed by atoms with Crippen LogP contribution in [0.25, 0.3) is 0 Å². The highest BCUT2D eigenvalue weighted by atomic mass is 35.5. The largest absolute Gasteiger partial charge is 0.480 e. The Morgan fingerprint density at radius 2 is 1.96 bits per heavy atom. The van der Waals surface area contributed by atoms with Crippen molar-refractivity contribution in [3.05, 3.63) is 58.9 Å². The first-order chi connectivity index (χ1) is 10.9. The fourth-order valence-electron chi connectivity index (χ4n) is 1.83. The number of para-hydroxylation sites is 1. The van der Waals surface area contributed by atoms with Gasteiger partial charge in [0.25, 0.3) is 11.8 Å². The number of nitrogens with one attached hydrogen (secondary N) is 1. The third-order valence-electron chi connectivity index (χ3n) is 3.01. The molecule has 0 aliphatic rings. The van der Waals surface area contributed by atoms with Crippen molar-refractivity contribution in [1.82, 2.24) is 0 Å². The summed E-state index contributed by atoms with van der Waals surface area (Å²) in [5.41, 5.74) is 5.76. The lowest BCUT2D eigenvalue weighted by Gasteiger charge is -2.16. The van der Waals surface area contributed by atoms with Gasteiger partial charge in [-0.2, -0.15) is 0 Å². The number of nitrogens with two attached hydrogens (primary N) is 1. The zero-order valence-electron chi connectivity index (χ0n) is 12.2. The number of hydrogen-bond donors (Lipinski definition) is 2. The molecular weight excluding hydrogens is 323 g/mol. The summed E-state index contributed by atoms with van der Waals surface area (Å²) >= 11 is 5.65. The Labute approximate surface area is 137 Å². The van der Waals surface area contributed by atoms with Gasteiger partial charge in [-0.05, 0) is 37.3 Å². The van der Waals surface area contributed by atoms with E-state index in [9.17, 15) is 14.0 Å². The Morgan fingerprint density at radius 3 is 2.61 bits per heavy atom. The van der Waals surface area contributed by atoms with Crippen LogP contribution in [0.1, 0.15) is 17.3 Å². The van der Waals surface area contributed by atoms with Gasteiger partial charge in [-0.25, -0.2) is 4.39 Å². The average Bonchev–Trinajstić information content (AvgIpc) is 2.51. The molecule has 1 unspecified atom stereocenters. The van der Waals surface area contributed by atoms with Gasteiger partial charge in [0.05, 0.1) is 10.6 Å². The number of halogens is 2. The van der Waals surface area contributed by atoms with Gasteiger partial charge in [0.2, 0.25) is 0 Å². The van der Waals surface area contributed by atoms with E-state index in [0.717, 1.165) is 6.07 Å². The highest BCUT2D eigenvalue weighted by molar-refractivity contribution is 6.31. The van der Waals surface area contributed by atoms with Gasteiger partial charge in [0.15, 0.2) is 6.10 Å². The summed E-state index contributed by atoms with van der Waals surface area (Å²) in [6.07, 6.45) is -0.903. The molecule has 3 N–H and O–H groups in total. The summed E-state index contributed by atoms with van der Waals surface area (Å²) in [6.45, 7) is 1.51. The lowest BCUT2D eigenvalue weighted by atomic mass is 10.2. The van der Waals surface area contributed by atoms with E-state index in [-0.39, 0.29) is 16.3 Å². The number of amides is 2. The molecule has 0 spiro atoms. The smallest absolute Gasteiger partial charge is 0.265 e. The first kappa shape index (κ1) is 16.8. The fraction of sp³-hybridized carbons (Fsp3) is 0.125. The van der Waals surface area contributed by atoms with E-state index < -0.39 is 23.7 Å². The average molecular weight is 337 g/mol. The van der Waals surface area contributed by atoms with E-state index in [2.05, 4.69) is 5.32 Å². The van der Waals surface area contributed by atoms with Crippen molar-refractivity contribution in [3.8, 4) is 5.75 Å². The molecule has 2 amide bonds. The Kier molecular flexibility index (Phi) is 5.18. The fourth-order valence-corrected chi connectivity index (χ4v) is 2.02. The molecule has 0 radical (unpaired) electrons. The second-order valence-electron chi connectivity index (χ2n) is 4.74. The molecule has 5 nitrogen and oxygen atoms in total. The third kappa shape index (κ3) is 4.20. The Morgan fingerprint density at radius 1 is 1.26 bits per heavy atom. The number of primary amides is 1. The molecule has 2 aromatic carbocycles. The molecule has 0 fully saturated rings. The molecule has 2 rings (SSSR count). The summed E-state index contributed by atoms with van der Waals surface area (Å²) in [5, 5.41) is 2.45. The second kappa shape index (κ2) is 7.11. The van der Waals surface area contributed by atoms with Crippen LogP contribution < -0.4 is 15.8 Å². The first-order valence-corrected chi connectivity index (χ1v) is 7.07. The number of hydrogen-bond acceptors (Lipinski definition) is 3. The Bertz CT molecular complexity index is 752. The first-order valence-electron chi connectivity index (χ1n) is 6.70. The molecule has 0 heterocycles. The van der Waals surface area contributed by atoms with Crippen molar-refractivity contribution in [1.29, 1.82) is 0 Å². The highest BCUT2D eigenvalue weighted by Crippen LogP contribution is 2.21. The quantitative estimate of drug-likeness (QED) is 0.880. The van der Waals surface area contributed by atoms with Gasteiger partial charge in [0, 0.05) is 5.69 Å². The van der Waals surface area contributed by atoms with Crippen LogP contribution in [-0.4, -0.2) is 17.9 Å². The summed E-state index contributed by atoms with van der Waals surface area (Å²) in [6, 6.07) is 10.2. The van der Waals surface area contributed by atoms with Gasteiger partial charge < -0.3 is 15.8 Å². The predicted molar refractivity (Wildman–Crippen MR) is 85.1 cm³/mol. The van der Waals surface area contributed by atoms with Crippen molar-refractivity contribution in [2.45, 2.75) is 13.0 Å². The van der Waals surface area contributed by atoms with E-state index in [1.165, 1.54) is 25.1 Å². The van der Waals surface area contributed by atoms with Crippen LogP contribution in [-0.2, 0) is 4.79 Å². The van der Waals surface area contributed by atoms with Crippen molar-refractivity contribution in [3.63, 3.8) is 0 Å². The van der Waals surface area contributed by atoms with E-state index in [4.69, 9.17) is 22.1 Å². The third-order valence-corrected chi connectivity index (χ3v) is 3.30. The highest BCUT2D eigenvalue weighted by Gasteiger charge is 2.18. The topological polar surface area (TPSA) is 81.4 Å². The van der Waals surface area contributed by atoms with Gasteiger partial charge in [0.1, 0.15) is 11.6 Å². The molecule has 0 saturated carbocycles. The van der Waals surface area contributed by atoms with Crippen LogP contribution in [0.4, 0.5) is 10.1 Å². The molecule has 23 heavy (non-hydrogen) atoms. The number of carbonyl (C=O) groups is 2. The minimum Gasteiger partial charge on any atom is -0.480 e. The minimum absolute atomic E-state index is 0.101. The summed E-state index contributed by atoms with van der Waals surface area (Å²) in [5.74, 6) is -1.50.